The van der Waals surface area contributed by atoms with Crippen LogP contribution in [0, 0.1) is 0 Å². The maximum atomic E-state index is 12.6. The lowest BCUT2D eigenvalue weighted by atomic mass is 10.1. The summed E-state index contributed by atoms with van der Waals surface area (Å²) in [7, 11) is 0. The van der Waals surface area contributed by atoms with Gasteiger partial charge in [-0.15, -0.1) is 5.10 Å². The van der Waals surface area contributed by atoms with E-state index in [4.69, 9.17) is 4.74 Å². The summed E-state index contributed by atoms with van der Waals surface area (Å²) in [5.74, 6) is -0.0437. The van der Waals surface area contributed by atoms with Crippen LogP contribution >= 0.6 is 0 Å². The van der Waals surface area contributed by atoms with Crippen molar-refractivity contribution in [3.63, 3.8) is 0 Å². The van der Waals surface area contributed by atoms with Gasteiger partial charge in [-0.1, -0.05) is 5.21 Å². The Labute approximate surface area is 124 Å². The number of hydrogen-bond donors (Lipinski definition) is 1. The van der Waals surface area contributed by atoms with Gasteiger partial charge in [-0.2, -0.15) is 0 Å². The highest BCUT2D eigenvalue weighted by Gasteiger charge is 2.30. The fourth-order valence-corrected chi connectivity index (χ4v) is 2.96. The molecule has 2 atom stereocenters. The Morgan fingerprint density at radius 1 is 1.38 bits per heavy atom. The van der Waals surface area contributed by atoms with Gasteiger partial charge in [0.25, 0.3) is 5.91 Å². The number of carbonyl (C=O) groups is 1. The van der Waals surface area contributed by atoms with Gasteiger partial charge in [-0.3, -0.25) is 4.79 Å². The molecule has 3 rings (SSSR count). The molecule has 7 heteroatoms. The minimum atomic E-state index is -0.0437. The van der Waals surface area contributed by atoms with E-state index in [0.717, 1.165) is 25.9 Å². The molecule has 0 radical (unpaired) electrons. The molecule has 2 aliphatic rings. The van der Waals surface area contributed by atoms with Gasteiger partial charge in [0.05, 0.1) is 31.0 Å². The van der Waals surface area contributed by atoms with Crippen molar-refractivity contribution in [2.75, 3.05) is 26.2 Å². The van der Waals surface area contributed by atoms with Crippen LogP contribution < -0.4 is 5.32 Å². The molecule has 2 fully saturated rings. The summed E-state index contributed by atoms with van der Waals surface area (Å²) in [5, 5.41) is 11.6. The number of nitrogens with one attached hydrogen (secondary N) is 1. The van der Waals surface area contributed by atoms with Crippen LogP contribution in [0.4, 0.5) is 0 Å². The lowest BCUT2D eigenvalue weighted by Gasteiger charge is -2.36. The van der Waals surface area contributed by atoms with E-state index in [1.165, 1.54) is 0 Å². The van der Waals surface area contributed by atoms with Crippen molar-refractivity contribution in [2.45, 2.75) is 44.9 Å². The lowest BCUT2D eigenvalue weighted by Crippen LogP contribution is -2.50. The molecule has 3 heterocycles. The van der Waals surface area contributed by atoms with Crippen LogP contribution in [0.1, 0.15) is 43.2 Å². The van der Waals surface area contributed by atoms with Gasteiger partial charge in [0.15, 0.2) is 5.69 Å². The highest BCUT2D eigenvalue weighted by molar-refractivity contribution is 5.92. The minimum Gasteiger partial charge on any atom is -0.375 e. The van der Waals surface area contributed by atoms with Crippen molar-refractivity contribution in [1.29, 1.82) is 0 Å². The Morgan fingerprint density at radius 2 is 2.14 bits per heavy atom. The van der Waals surface area contributed by atoms with E-state index in [-0.39, 0.29) is 18.1 Å². The Kier molecular flexibility index (Phi) is 4.21. The van der Waals surface area contributed by atoms with E-state index in [9.17, 15) is 4.79 Å². The first-order valence-corrected chi connectivity index (χ1v) is 7.70. The molecule has 1 aromatic heterocycles. The summed E-state index contributed by atoms with van der Waals surface area (Å²) in [6.45, 7) is 7.16. The highest BCUT2D eigenvalue weighted by atomic mass is 16.5. The zero-order valence-electron chi connectivity index (χ0n) is 12.7. The zero-order chi connectivity index (χ0) is 14.8. The highest BCUT2D eigenvalue weighted by Crippen LogP contribution is 2.19. The number of carbonyl (C=O) groups excluding carboxylic acids is 1. The Balaban J connectivity index is 1.71. The number of amides is 1. The monoisotopic (exact) mass is 293 g/mol. The Bertz CT molecular complexity index is 497. The first-order chi connectivity index (χ1) is 10.1. The standard InChI is InChI=1S/C14H23N5O2/c1-10-9-21-11(2)7-18(10)14(20)13-8-19(17-16-13)12-3-5-15-6-4-12/h8,10-12,15H,3-7,9H2,1-2H3. The second-order valence-corrected chi connectivity index (χ2v) is 6.02. The molecule has 2 saturated heterocycles. The molecule has 7 nitrogen and oxygen atoms in total. The number of piperidine rings is 1. The smallest absolute Gasteiger partial charge is 0.276 e. The van der Waals surface area contributed by atoms with Gasteiger partial charge in [0.1, 0.15) is 0 Å². The summed E-state index contributed by atoms with van der Waals surface area (Å²) in [4.78, 5) is 14.4. The van der Waals surface area contributed by atoms with E-state index in [1.54, 1.807) is 6.20 Å². The fraction of sp³-hybridized carbons (Fsp3) is 0.786. The molecule has 21 heavy (non-hydrogen) atoms. The number of ether oxygens (including phenoxy) is 1. The predicted octanol–water partition coefficient (Wildman–Crippen LogP) is 0.452. The lowest BCUT2D eigenvalue weighted by molar-refractivity contribution is -0.0389. The molecule has 0 bridgehead atoms. The summed E-state index contributed by atoms with van der Waals surface area (Å²) < 4.78 is 7.41. The second kappa shape index (κ2) is 6.11. The first-order valence-electron chi connectivity index (χ1n) is 7.70. The number of morpholine rings is 1. The molecular weight excluding hydrogens is 270 g/mol. The Hall–Kier alpha value is -1.47. The van der Waals surface area contributed by atoms with Crippen LogP contribution in [0.15, 0.2) is 6.20 Å². The average Bonchev–Trinajstić information content (AvgIpc) is 3.00. The molecule has 0 aliphatic carbocycles. The van der Waals surface area contributed by atoms with Gasteiger partial charge < -0.3 is 15.0 Å². The van der Waals surface area contributed by atoms with Crippen molar-refractivity contribution < 1.29 is 9.53 Å². The molecular formula is C14H23N5O2. The van der Waals surface area contributed by atoms with E-state index in [2.05, 4.69) is 15.6 Å². The van der Waals surface area contributed by atoms with Crippen LogP contribution in [-0.2, 0) is 4.74 Å². The second-order valence-electron chi connectivity index (χ2n) is 6.02. The number of rotatable bonds is 2. The molecule has 116 valence electrons. The maximum absolute atomic E-state index is 12.6. The van der Waals surface area contributed by atoms with E-state index in [1.807, 2.05) is 23.4 Å². The van der Waals surface area contributed by atoms with Crippen LogP contribution in [0.25, 0.3) is 0 Å². The van der Waals surface area contributed by atoms with Crippen molar-refractivity contribution in [2.24, 2.45) is 0 Å². The van der Waals surface area contributed by atoms with Crippen LogP contribution in [-0.4, -0.2) is 64.2 Å². The molecule has 2 unspecified atom stereocenters. The summed E-state index contributed by atoms with van der Waals surface area (Å²) in [6, 6.07) is 0.430. The molecule has 2 aliphatic heterocycles. The maximum Gasteiger partial charge on any atom is 0.276 e. The van der Waals surface area contributed by atoms with Crippen molar-refractivity contribution in [3.8, 4) is 0 Å². The van der Waals surface area contributed by atoms with Gasteiger partial charge >= 0.3 is 0 Å². The first kappa shape index (κ1) is 14.5. The molecule has 1 aromatic rings. The molecule has 0 spiro atoms. The SMILES string of the molecule is CC1CN(C(=O)c2cn(C3CCNCC3)nn2)C(C)CO1. The summed E-state index contributed by atoms with van der Waals surface area (Å²) in [5.41, 5.74) is 0.439. The predicted molar refractivity (Wildman–Crippen MR) is 77.1 cm³/mol. The third kappa shape index (κ3) is 3.08. The van der Waals surface area contributed by atoms with E-state index < -0.39 is 0 Å². The quantitative estimate of drug-likeness (QED) is 0.857. The van der Waals surface area contributed by atoms with Gasteiger partial charge in [-0.25, -0.2) is 4.68 Å². The van der Waals surface area contributed by atoms with Gasteiger partial charge in [-0.05, 0) is 39.8 Å². The molecule has 1 N–H and O–H groups in total. The van der Waals surface area contributed by atoms with Crippen molar-refractivity contribution in [3.05, 3.63) is 11.9 Å². The summed E-state index contributed by atoms with van der Waals surface area (Å²) in [6.07, 6.45) is 3.93. The Morgan fingerprint density at radius 3 is 2.90 bits per heavy atom. The zero-order valence-corrected chi connectivity index (χ0v) is 12.7. The summed E-state index contributed by atoms with van der Waals surface area (Å²) >= 11 is 0. The number of nitrogens with zero attached hydrogens (tertiary/aromatic N) is 4. The topological polar surface area (TPSA) is 72.3 Å². The van der Waals surface area contributed by atoms with Crippen molar-refractivity contribution >= 4 is 5.91 Å². The van der Waals surface area contributed by atoms with Crippen LogP contribution in [0.3, 0.4) is 0 Å². The minimum absolute atomic E-state index is 0.0437. The van der Waals surface area contributed by atoms with E-state index >= 15 is 0 Å². The normalized spacial score (nSPS) is 27.8. The molecule has 0 aromatic carbocycles. The van der Waals surface area contributed by atoms with Crippen LogP contribution in [0.2, 0.25) is 0 Å². The average molecular weight is 293 g/mol. The molecule has 0 saturated carbocycles. The van der Waals surface area contributed by atoms with Gasteiger partial charge in [0.2, 0.25) is 0 Å². The van der Waals surface area contributed by atoms with E-state index in [0.29, 0.717) is 24.9 Å². The third-order valence-electron chi connectivity index (χ3n) is 4.28. The van der Waals surface area contributed by atoms with Crippen LogP contribution in [0.5, 0.6) is 0 Å². The van der Waals surface area contributed by atoms with Gasteiger partial charge in [0, 0.05) is 6.54 Å². The molecule has 1 amide bonds. The largest absolute Gasteiger partial charge is 0.375 e. The third-order valence-corrected chi connectivity index (χ3v) is 4.28. The number of hydrogen-bond acceptors (Lipinski definition) is 5. The van der Waals surface area contributed by atoms with Crippen molar-refractivity contribution in [1.82, 2.24) is 25.2 Å². The number of aromatic nitrogens is 3. The fourth-order valence-electron chi connectivity index (χ4n) is 2.96.